The van der Waals surface area contributed by atoms with E-state index in [4.69, 9.17) is 0 Å². The van der Waals surface area contributed by atoms with E-state index < -0.39 is 0 Å². The van der Waals surface area contributed by atoms with Crippen molar-refractivity contribution in [3.05, 3.63) is 30.6 Å². The molecule has 1 aromatic heterocycles. The van der Waals surface area contributed by atoms with E-state index in [-0.39, 0.29) is 0 Å². The van der Waals surface area contributed by atoms with Gasteiger partial charge in [0.25, 0.3) is 0 Å². The average molecular weight is 131 g/mol. The predicted octanol–water partition coefficient (Wildman–Crippen LogP) is 1.37. The van der Waals surface area contributed by atoms with Crippen molar-refractivity contribution >= 4 is 11.0 Å². The van der Waals surface area contributed by atoms with E-state index in [9.17, 15) is 0 Å². The summed E-state index contributed by atoms with van der Waals surface area (Å²) < 4.78 is 1.88. The van der Waals surface area contributed by atoms with Gasteiger partial charge in [-0.3, -0.25) is 0 Å². The number of rotatable bonds is 0. The van der Waals surface area contributed by atoms with Crippen LogP contribution in [0.25, 0.3) is 11.0 Å². The van der Waals surface area contributed by atoms with Crippen molar-refractivity contribution < 1.29 is 0 Å². The lowest BCUT2D eigenvalue weighted by atomic mass is 10.3. The minimum Gasteiger partial charge on any atom is -0.324 e. The van der Waals surface area contributed by atoms with Crippen LogP contribution >= 0.6 is 0 Å². The van der Waals surface area contributed by atoms with E-state index in [0.717, 1.165) is 11.0 Å². The topological polar surface area (TPSA) is 17.8 Å². The van der Waals surface area contributed by atoms with Gasteiger partial charge in [-0.15, -0.1) is 0 Å². The molecule has 0 aliphatic rings. The Hall–Kier alpha value is -1.31. The third kappa shape index (κ3) is 0.620. The fourth-order valence-electron chi connectivity index (χ4n) is 1.03. The minimum absolute atomic E-state index is 1.00. The summed E-state index contributed by atoms with van der Waals surface area (Å²) in [6, 6.07) is 7.98. The Morgan fingerprint density at radius 2 is 2.20 bits per heavy atom. The number of hydrogen-bond acceptors (Lipinski definition) is 1. The summed E-state index contributed by atoms with van der Waals surface area (Å²) in [7, 11) is 1.94. The molecule has 0 spiro atoms. The van der Waals surface area contributed by atoms with E-state index in [1.54, 1.807) is 0 Å². The quantitative estimate of drug-likeness (QED) is 0.528. The maximum atomic E-state index is 4.06. The number of imidazole rings is 1. The molecule has 1 heterocycles. The Morgan fingerprint density at radius 1 is 1.40 bits per heavy atom. The summed E-state index contributed by atoms with van der Waals surface area (Å²) in [5.74, 6) is 0. The van der Waals surface area contributed by atoms with Gasteiger partial charge >= 0.3 is 0 Å². The van der Waals surface area contributed by atoms with Crippen LogP contribution in [0.15, 0.2) is 24.3 Å². The number of aryl methyl sites for hydroxylation is 1. The first-order valence-corrected chi connectivity index (χ1v) is 3.17. The molecule has 2 nitrogen and oxygen atoms in total. The average Bonchev–Trinajstić information content (AvgIpc) is 2.34. The SMILES string of the molecule is Cn1[c]nc2ccccc21. The molecule has 0 N–H and O–H groups in total. The molecule has 1 aromatic carbocycles. The van der Waals surface area contributed by atoms with E-state index in [1.807, 2.05) is 35.9 Å². The standard InChI is InChI=1S/C8H7N2/c1-10-6-9-7-4-2-3-5-8(7)10/h2-5H,1H3. The highest BCUT2D eigenvalue weighted by Gasteiger charge is 1.94. The summed E-state index contributed by atoms with van der Waals surface area (Å²) in [6.45, 7) is 0. The predicted molar refractivity (Wildman–Crippen MR) is 39.6 cm³/mol. The number of fused-ring (bicyclic) bond motifs is 1. The molecule has 49 valence electrons. The van der Waals surface area contributed by atoms with Crippen molar-refractivity contribution in [2.45, 2.75) is 0 Å². The third-order valence-corrected chi connectivity index (χ3v) is 1.56. The lowest BCUT2D eigenvalue weighted by Gasteiger charge is -1.89. The van der Waals surface area contributed by atoms with E-state index in [1.165, 1.54) is 0 Å². The molecule has 0 saturated heterocycles. The van der Waals surface area contributed by atoms with Crippen molar-refractivity contribution in [2.75, 3.05) is 0 Å². The molecular weight excluding hydrogens is 124 g/mol. The van der Waals surface area contributed by atoms with Gasteiger partial charge in [-0.1, -0.05) is 12.1 Å². The highest BCUT2D eigenvalue weighted by Crippen LogP contribution is 2.08. The summed E-state index contributed by atoms with van der Waals surface area (Å²) in [6.07, 6.45) is 2.84. The lowest BCUT2D eigenvalue weighted by molar-refractivity contribution is 0.936. The van der Waals surface area contributed by atoms with Crippen LogP contribution in [0.5, 0.6) is 0 Å². The molecule has 0 amide bonds. The number of aromatic nitrogens is 2. The fraction of sp³-hybridized carbons (Fsp3) is 0.125. The summed E-state index contributed by atoms with van der Waals surface area (Å²) in [5, 5.41) is 0. The second kappa shape index (κ2) is 1.84. The zero-order chi connectivity index (χ0) is 6.97. The summed E-state index contributed by atoms with van der Waals surface area (Å²) >= 11 is 0. The zero-order valence-corrected chi connectivity index (χ0v) is 5.70. The molecule has 0 aliphatic heterocycles. The number of benzene rings is 1. The molecule has 2 aromatic rings. The van der Waals surface area contributed by atoms with Gasteiger partial charge in [-0.2, -0.15) is 0 Å². The van der Waals surface area contributed by atoms with Crippen LogP contribution in [0.2, 0.25) is 0 Å². The van der Waals surface area contributed by atoms with Gasteiger partial charge < -0.3 is 4.57 Å². The van der Waals surface area contributed by atoms with Gasteiger partial charge in [0, 0.05) is 7.05 Å². The van der Waals surface area contributed by atoms with Crippen molar-refractivity contribution in [1.82, 2.24) is 9.55 Å². The van der Waals surface area contributed by atoms with Crippen molar-refractivity contribution in [3.63, 3.8) is 0 Å². The monoisotopic (exact) mass is 131 g/mol. The first kappa shape index (κ1) is 5.47. The maximum absolute atomic E-state index is 4.06. The molecular formula is C8H7N2. The van der Waals surface area contributed by atoms with Crippen LogP contribution in [-0.2, 0) is 7.05 Å². The summed E-state index contributed by atoms with van der Waals surface area (Å²) in [4.78, 5) is 4.06. The molecule has 1 radical (unpaired) electrons. The molecule has 0 saturated carbocycles. The van der Waals surface area contributed by atoms with Gasteiger partial charge in [0.15, 0.2) is 6.33 Å². The Bertz CT molecular complexity index is 349. The van der Waals surface area contributed by atoms with E-state index >= 15 is 0 Å². The Balaban J connectivity index is 2.93. The van der Waals surface area contributed by atoms with Crippen molar-refractivity contribution in [1.29, 1.82) is 0 Å². The van der Waals surface area contributed by atoms with Crippen LogP contribution in [0.3, 0.4) is 0 Å². The third-order valence-electron chi connectivity index (χ3n) is 1.56. The van der Waals surface area contributed by atoms with Crippen molar-refractivity contribution in [3.8, 4) is 0 Å². The smallest absolute Gasteiger partial charge is 0.177 e. The lowest BCUT2D eigenvalue weighted by Crippen LogP contribution is -1.82. The van der Waals surface area contributed by atoms with E-state index in [0.29, 0.717) is 0 Å². The van der Waals surface area contributed by atoms with Crippen LogP contribution < -0.4 is 0 Å². The molecule has 0 atom stereocenters. The largest absolute Gasteiger partial charge is 0.324 e. The fourth-order valence-corrected chi connectivity index (χ4v) is 1.03. The Morgan fingerprint density at radius 3 is 3.00 bits per heavy atom. The molecule has 2 heteroatoms. The normalized spacial score (nSPS) is 10.5. The van der Waals surface area contributed by atoms with Crippen LogP contribution in [-0.4, -0.2) is 9.55 Å². The van der Waals surface area contributed by atoms with Gasteiger partial charge in [-0.25, -0.2) is 4.98 Å². The summed E-state index contributed by atoms with van der Waals surface area (Å²) in [5.41, 5.74) is 2.13. The highest BCUT2D eigenvalue weighted by molar-refractivity contribution is 5.74. The minimum atomic E-state index is 1.00. The van der Waals surface area contributed by atoms with Crippen molar-refractivity contribution in [2.24, 2.45) is 7.05 Å². The number of nitrogens with zero attached hydrogens (tertiary/aromatic N) is 2. The number of para-hydroxylation sites is 2. The maximum Gasteiger partial charge on any atom is 0.177 e. The van der Waals surface area contributed by atoms with Gasteiger partial charge in [-0.05, 0) is 12.1 Å². The van der Waals surface area contributed by atoms with Gasteiger partial charge in [0.1, 0.15) is 0 Å². The highest BCUT2D eigenvalue weighted by atomic mass is 15.0. The second-order valence-electron chi connectivity index (χ2n) is 2.26. The first-order chi connectivity index (χ1) is 4.88. The molecule has 10 heavy (non-hydrogen) atoms. The van der Waals surface area contributed by atoms with E-state index in [2.05, 4.69) is 11.3 Å². The van der Waals surface area contributed by atoms with Gasteiger partial charge in [0.05, 0.1) is 11.0 Å². The van der Waals surface area contributed by atoms with Crippen LogP contribution in [0.1, 0.15) is 0 Å². The molecule has 2 rings (SSSR count). The molecule has 0 aliphatic carbocycles. The van der Waals surface area contributed by atoms with Crippen LogP contribution in [0.4, 0.5) is 0 Å². The number of hydrogen-bond donors (Lipinski definition) is 0. The molecule has 0 bridgehead atoms. The van der Waals surface area contributed by atoms with Crippen LogP contribution in [0, 0.1) is 6.33 Å². The zero-order valence-electron chi connectivity index (χ0n) is 5.70. The van der Waals surface area contributed by atoms with Gasteiger partial charge in [0.2, 0.25) is 0 Å². The second-order valence-corrected chi connectivity index (χ2v) is 2.26. The molecule has 0 unspecified atom stereocenters. The first-order valence-electron chi connectivity index (χ1n) is 3.17. The molecule has 0 fully saturated rings. The Labute approximate surface area is 59.1 Å². The Kier molecular flexibility index (Phi) is 1.01.